The number of hydrogen-bond donors (Lipinski definition) is 1. The van der Waals surface area contributed by atoms with Crippen molar-refractivity contribution in [3.05, 3.63) is 33.8 Å². The highest BCUT2D eigenvalue weighted by molar-refractivity contribution is 6.35. The van der Waals surface area contributed by atoms with Crippen LogP contribution in [0.2, 0.25) is 10.0 Å². The van der Waals surface area contributed by atoms with E-state index in [4.69, 9.17) is 27.9 Å². The third kappa shape index (κ3) is 8.55. The van der Waals surface area contributed by atoms with E-state index in [1.165, 1.54) is 0 Å². The summed E-state index contributed by atoms with van der Waals surface area (Å²) in [6.07, 6.45) is 2.71. The van der Waals surface area contributed by atoms with Gasteiger partial charge >= 0.3 is 5.97 Å². The summed E-state index contributed by atoms with van der Waals surface area (Å²) in [6, 6.07) is 5.42. The number of amides is 1. The van der Waals surface area contributed by atoms with Crippen LogP contribution in [0.5, 0.6) is 0 Å². The first-order valence-corrected chi connectivity index (χ1v) is 15.7. The number of carbonyl (C=O) groups excluding carboxylic acids is 2. The number of esters is 1. The van der Waals surface area contributed by atoms with Crippen LogP contribution in [0, 0.1) is 17.3 Å². The van der Waals surface area contributed by atoms with Crippen LogP contribution in [-0.4, -0.2) is 72.0 Å². The fourth-order valence-electron chi connectivity index (χ4n) is 6.69. The highest BCUT2D eigenvalue weighted by atomic mass is 35.5. The largest absolute Gasteiger partial charge is 0.460 e. The minimum atomic E-state index is -2.50. The van der Waals surface area contributed by atoms with Gasteiger partial charge in [0, 0.05) is 73.8 Å². The Morgan fingerprint density at radius 1 is 1.05 bits per heavy atom. The highest BCUT2D eigenvalue weighted by Crippen LogP contribution is 2.42. The van der Waals surface area contributed by atoms with E-state index >= 15 is 0 Å². The number of likely N-dealkylation sites (tertiary alicyclic amines) is 2. The standard InChI is InChI=1S/C31H45Cl2F2N3O3/c1-21-17-38(19-24-25(32)6-5-7-26(24)33)20-30(21,16-27(39)41-29(2,3)4)28(40)36-23-10-14-37(15-11-23)18-22-8-12-31(34,35)13-9-22/h5-7,21-23H,8-20H2,1-4H3,(H,36,40). The molecule has 230 valence electrons. The van der Waals surface area contributed by atoms with Crippen molar-refractivity contribution in [2.75, 3.05) is 32.7 Å². The van der Waals surface area contributed by atoms with Crippen LogP contribution >= 0.6 is 23.2 Å². The number of piperidine rings is 1. The zero-order chi connectivity index (χ0) is 30.0. The summed E-state index contributed by atoms with van der Waals surface area (Å²) in [6.45, 7) is 11.5. The second-order valence-corrected chi connectivity index (χ2v) is 14.4. The third-order valence-electron chi connectivity index (χ3n) is 9.03. The summed E-state index contributed by atoms with van der Waals surface area (Å²) in [5.74, 6) is -2.78. The zero-order valence-electron chi connectivity index (χ0n) is 24.8. The van der Waals surface area contributed by atoms with Crippen LogP contribution in [0.25, 0.3) is 0 Å². The molecule has 1 aromatic rings. The summed E-state index contributed by atoms with van der Waals surface area (Å²) in [7, 11) is 0. The Labute approximate surface area is 253 Å². The van der Waals surface area contributed by atoms with E-state index in [0.717, 1.165) is 38.0 Å². The van der Waals surface area contributed by atoms with Gasteiger partial charge in [-0.3, -0.25) is 14.5 Å². The first-order valence-electron chi connectivity index (χ1n) is 14.9. The quantitative estimate of drug-likeness (QED) is 0.335. The average Bonchev–Trinajstić information content (AvgIpc) is 3.18. The van der Waals surface area contributed by atoms with Gasteiger partial charge in [-0.15, -0.1) is 0 Å². The van der Waals surface area contributed by atoms with Crippen LogP contribution in [0.3, 0.4) is 0 Å². The number of hydrogen-bond acceptors (Lipinski definition) is 5. The molecule has 1 N–H and O–H groups in total. The Kier molecular flexibility index (Phi) is 10.3. The summed E-state index contributed by atoms with van der Waals surface area (Å²) in [5, 5.41) is 4.44. The molecule has 2 heterocycles. The second-order valence-electron chi connectivity index (χ2n) is 13.5. The van der Waals surface area contributed by atoms with E-state index in [1.54, 1.807) is 18.2 Å². The Morgan fingerprint density at radius 2 is 1.66 bits per heavy atom. The number of nitrogens with zero attached hydrogens (tertiary/aromatic N) is 2. The molecule has 0 aromatic heterocycles. The molecule has 10 heteroatoms. The molecule has 2 atom stereocenters. The number of rotatable bonds is 8. The molecule has 0 bridgehead atoms. The molecule has 2 saturated heterocycles. The van der Waals surface area contributed by atoms with Crippen molar-refractivity contribution >= 4 is 35.1 Å². The summed E-state index contributed by atoms with van der Waals surface area (Å²) < 4.78 is 32.8. The highest BCUT2D eigenvalue weighted by Gasteiger charge is 2.52. The Morgan fingerprint density at radius 3 is 2.24 bits per heavy atom. The molecule has 1 amide bonds. The molecule has 3 fully saturated rings. The van der Waals surface area contributed by atoms with Gasteiger partial charge in [0.1, 0.15) is 5.60 Å². The molecule has 0 radical (unpaired) electrons. The van der Waals surface area contributed by atoms with Crippen molar-refractivity contribution in [3.63, 3.8) is 0 Å². The van der Waals surface area contributed by atoms with Gasteiger partial charge in [0.05, 0.1) is 11.8 Å². The second kappa shape index (κ2) is 13.0. The molecular formula is C31H45Cl2F2N3O3. The van der Waals surface area contributed by atoms with E-state index in [1.807, 2.05) is 27.7 Å². The van der Waals surface area contributed by atoms with Crippen LogP contribution in [0.1, 0.15) is 78.2 Å². The van der Waals surface area contributed by atoms with Crippen molar-refractivity contribution in [1.82, 2.24) is 15.1 Å². The van der Waals surface area contributed by atoms with Crippen molar-refractivity contribution in [2.24, 2.45) is 17.3 Å². The van der Waals surface area contributed by atoms with Gasteiger partial charge < -0.3 is 15.0 Å². The number of benzene rings is 1. The molecule has 6 nitrogen and oxygen atoms in total. The smallest absolute Gasteiger partial charge is 0.307 e. The molecule has 1 aliphatic carbocycles. The van der Waals surface area contributed by atoms with Gasteiger partial charge in [-0.1, -0.05) is 36.2 Å². The van der Waals surface area contributed by atoms with Gasteiger partial charge in [-0.05, 0) is 70.4 Å². The fourth-order valence-corrected chi connectivity index (χ4v) is 7.20. The lowest BCUT2D eigenvalue weighted by atomic mass is 9.75. The van der Waals surface area contributed by atoms with E-state index in [9.17, 15) is 18.4 Å². The molecular weight excluding hydrogens is 571 g/mol. The van der Waals surface area contributed by atoms with Crippen LogP contribution in [0.15, 0.2) is 18.2 Å². The Hall–Kier alpha value is -1.48. The monoisotopic (exact) mass is 615 g/mol. The molecule has 2 unspecified atom stereocenters. The number of carbonyl (C=O) groups is 2. The molecule has 4 rings (SSSR count). The third-order valence-corrected chi connectivity index (χ3v) is 9.74. The number of ether oxygens (including phenoxy) is 1. The number of nitrogens with one attached hydrogen (secondary N) is 1. The lowest BCUT2D eigenvalue weighted by Crippen LogP contribution is -2.53. The maximum atomic E-state index is 14.1. The molecule has 41 heavy (non-hydrogen) atoms. The van der Waals surface area contributed by atoms with Gasteiger partial charge in [0.15, 0.2) is 0 Å². The van der Waals surface area contributed by atoms with Gasteiger partial charge in [0.2, 0.25) is 11.8 Å². The van der Waals surface area contributed by atoms with Crippen LogP contribution < -0.4 is 5.32 Å². The van der Waals surface area contributed by atoms with Gasteiger partial charge in [0.25, 0.3) is 0 Å². The maximum Gasteiger partial charge on any atom is 0.307 e. The van der Waals surface area contributed by atoms with Crippen LogP contribution in [-0.2, 0) is 20.9 Å². The first-order chi connectivity index (χ1) is 19.2. The predicted octanol–water partition coefficient (Wildman–Crippen LogP) is 6.57. The van der Waals surface area contributed by atoms with E-state index in [0.29, 0.717) is 48.4 Å². The van der Waals surface area contributed by atoms with Gasteiger partial charge in [-0.2, -0.15) is 0 Å². The molecule has 1 aromatic carbocycles. The van der Waals surface area contributed by atoms with E-state index in [2.05, 4.69) is 15.1 Å². The summed E-state index contributed by atoms with van der Waals surface area (Å²) >= 11 is 12.9. The van der Waals surface area contributed by atoms with Gasteiger partial charge in [-0.25, -0.2) is 8.78 Å². The lowest BCUT2D eigenvalue weighted by molar-refractivity contribution is -0.161. The summed E-state index contributed by atoms with van der Waals surface area (Å²) in [4.78, 5) is 31.6. The number of halogens is 4. The fraction of sp³-hybridized carbons (Fsp3) is 0.742. The van der Waals surface area contributed by atoms with E-state index in [-0.39, 0.29) is 43.1 Å². The number of alkyl halides is 2. The molecule has 0 spiro atoms. The normalized spacial score (nSPS) is 26.7. The van der Waals surface area contributed by atoms with Crippen molar-refractivity contribution < 1.29 is 23.1 Å². The van der Waals surface area contributed by atoms with Crippen molar-refractivity contribution in [3.8, 4) is 0 Å². The zero-order valence-corrected chi connectivity index (χ0v) is 26.3. The minimum Gasteiger partial charge on any atom is -0.460 e. The van der Waals surface area contributed by atoms with Crippen molar-refractivity contribution in [1.29, 1.82) is 0 Å². The first kappa shape index (κ1) is 32.4. The average molecular weight is 617 g/mol. The lowest BCUT2D eigenvalue weighted by Gasteiger charge is -2.38. The SMILES string of the molecule is CC1CN(Cc2c(Cl)cccc2Cl)CC1(CC(=O)OC(C)(C)C)C(=O)NC1CCN(CC2CCC(F)(F)CC2)CC1. The van der Waals surface area contributed by atoms with Crippen molar-refractivity contribution in [2.45, 2.75) is 96.8 Å². The maximum absolute atomic E-state index is 14.1. The molecule has 3 aliphatic rings. The Balaban J connectivity index is 1.40. The summed E-state index contributed by atoms with van der Waals surface area (Å²) in [5.41, 5.74) is -0.784. The Bertz CT molecular complexity index is 1060. The van der Waals surface area contributed by atoms with Crippen LogP contribution in [0.4, 0.5) is 8.78 Å². The minimum absolute atomic E-state index is 0.00390. The molecule has 1 saturated carbocycles. The predicted molar refractivity (Wildman–Crippen MR) is 158 cm³/mol. The molecule has 2 aliphatic heterocycles. The topological polar surface area (TPSA) is 61.9 Å². The van der Waals surface area contributed by atoms with E-state index < -0.39 is 16.9 Å².